The summed E-state index contributed by atoms with van der Waals surface area (Å²) < 4.78 is 1.03. The molecule has 1 amide bonds. The Bertz CT molecular complexity index is 462. The summed E-state index contributed by atoms with van der Waals surface area (Å²) in [6.07, 6.45) is 0.788. The summed E-state index contributed by atoms with van der Waals surface area (Å²) in [5, 5.41) is 3.30. The van der Waals surface area contributed by atoms with Gasteiger partial charge in [0.25, 0.3) is 5.91 Å². The van der Waals surface area contributed by atoms with Gasteiger partial charge in [0.1, 0.15) is 0 Å². The van der Waals surface area contributed by atoms with E-state index in [0.717, 1.165) is 16.6 Å². The molecule has 0 saturated carbocycles. The van der Waals surface area contributed by atoms with E-state index >= 15 is 0 Å². The lowest BCUT2D eigenvalue weighted by Crippen LogP contribution is -2.25. The molecule has 5 heteroatoms. The molecule has 1 aromatic heterocycles. The second-order valence-electron chi connectivity index (χ2n) is 3.38. The SMILES string of the molecule is NCCCNC(=O)c1nc2ccccc2s1. The molecule has 84 valence electrons. The van der Waals surface area contributed by atoms with E-state index in [1.54, 1.807) is 0 Å². The van der Waals surface area contributed by atoms with Crippen LogP contribution in [-0.4, -0.2) is 24.0 Å². The zero-order chi connectivity index (χ0) is 11.4. The predicted molar refractivity (Wildman–Crippen MR) is 65.6 cm³/mol. The van der Waals surface area contributed by atoms with Crippen LogP contribution < -0.4 is 11.1 Å². The van der Waals surface area contributed by atoms with E-state index in [1.807, 2.05) is 24.3 Å². The van der Waals surface area contributed by atoms with Gasteiger partial charge in [0.05, 0.1) is 10.2 Å². The molecular formula is C11H13N3OS. The number of carbonyl (C=O) groups is 1. The first-order valence-corrected chi connectivity index (χ1v) is 5.97. The minimum absolute atomic E-state index is 0.116. The van der Waals surface area contributed by atoms with Crippen LogP contribution in [-0.2, 0) is 0 Å². The third kappa shape index (κ3) is 2.37. The first-order chi connectivity index (χ1) is 7.81. The molecule has 2 aromatic rings. The number of amides is 1. The van der Waals surface area contributed by atoms with Crippen LogP contribution in [0.5, 0.6) is 0 Å². The van der Waals surface area contributed by atoms with Crippen LogP contribution in [0.25, 0.3) is 10.2 Å². The van der Waals surface area contributed by atoms with Crippen molar-refractivity contribution < 1.29 is 4.79 Å². The Kier molecular flexibility index (Phi) is 3.48. The molecule has 0 aliphatic carbocycles. The molecule has 3 N–H and O–H groups in total. The molecule has 0 fully saturated rings. The lowest BCUT2D eigenvalue weighted by atomic mass is 10.3. The van der Waals surface area contributed by atoms with Crippen LogP contribution in [0.3, 0.4) is 0 Å². The quantitative estimate of drug-likeness (QED) is 0.787. The van der Waals surface area contributed by atoms with Crippen molar-refractivity contribution in [2.24, 2.45) is 5.73 Å². The van der Waals surface area contributed by atoms with Gasteiger partial charge in [-0.05, 0) is 25.1 Å². The lowest BCUT2D eigenvalue weighted by molar-refractivity contribution is 0.0953. The van der Waals surface area contributed by atoms with Gasteiger partial charge in [0.15, 0.2) is 5.01 Å². The molecule has 0 radical (unpaired) electrons. The number of nitrogens with one attached hydrogen (secondary N) is 1. The first-order valence-electron chi connectivity index (χ1n) is 5.15. The van der Waals surface area contributed by atoms with Crippen molar-refractivity contribution >= 4 is 27.5 Å². The predicted octanol–water partition coefficient (Wildman–Crippen LogP) is 1.37. The molecule has 0 saturated heterocycles. The number of hydrogen-bond acceptors (Lipinski definition) is 4. The highest BCUT2D eigenvalue weighted by atomic mass is 32.1. The molecule has 0 spiro atoms. The van der Waals surface area contributed by atoms with E-state index < -0.39 is 0 Å². The number of thiazole rings is 1. The lowest BCUT2D eigenvalue weighted by Gasteiger charge is -1.99. The molecule has 0 aliphatic heterocycles. The zero-order valence-electron chi connectivity index (χ0n) is 8.77. The summed E-state index contributed by atoms with van der Waals surface area (Å²) in [5.41, 5.74) is 6.22. The van der Waals surface area contributed by atoms with E-state index in [4.69, 9.17) is 5.73 Å². The monoisotopic (exact) mass is 235 g/mol. The van der Waals surface area contributed by atoms with Crippen LogP contribution in [0.1, 0.15) is 16.2 Å². The Labute approximate surface area is 97.5 Å². The summed E-state index contributed by atoms with van der Waals surface area (Å²) in [7, 11) is 0. The van der Waals surface area contributed by atoms with Gasteiger partial charge in [-0.3, -0.25) is 4.79 Å². The normalized spacial score (nSPS) is 10.6. The Hall–Kier alpha value is -1.46. The third-order valence-electron chi connectivity index (χ3n) is 2.15. The van der Waals surface area contributed by atoms with Gasteiger partial charge in [-0.1, -0.05) is 12.1 Å². The number of benzene rings is 1. The fourth-order valence-corrected chi connectivity index (χ4v) is 2.23. The molecule has 2 rings (SSSR count). The van der Waals surface area contributed by atoms with Crippen molar-refractivity contribution in [2.45, 2.75) is 6.42 Å². The molecule has 1 heterocycles. The van der Waals surface area contributed by atoms with Crippen molar-refractivity contribution in [3.8, 4) is 0 Å². The van der Waals surface area contributed by atoms with Crippen molar-refractivity contribution in [3.63, 3.8) is 0 Å². The van der Waals surface area contributed by atoms with E-state index in [1.165, 1.54) is 11.3 Å². The summed E-state index contributed by atoms with van der Waals surface area (Å²) in [5.74, 6) is -0.116. The Morgan fingerprint density at radius 2 is 2.25 bits per heavy atom. The van der Waals surface area contributed by atoms with Crippen molar-refractivity contribution in [1.82, 2.24) is 10.3 Å². The highest BCUT2D eigenvalue weighted by Crippen LogP contribution is 2.21. The van der Waals surface area contributed by atoms with Gasteiger partial charge in [0.2, 0.25) is 0 Å². The average Bonchev–Trinajstić information content (AvgIpc) is 2.73. The number of carbonyl (C=O) groups excluding carboxylic acids is 1. The zero-order valence-corrected chi connectivity index (χ0v) is 9.59. The maximum absolute atomic E-state index is 11.7. The average molecular weight is 235 g/mol. The van der Waals surface area contributed by atoms with Gasteiger partial charge in [0, 0.05) is 6.54 Å². The van der Waals surface area contributed by atoms with Crippen molar-refractivity contribution in [3.05, 3.63) is 29.3 Å². The molecule has 1 aromatic carbocycles. The van der Waals surface area contributed by atoms with E-state index in [0.29, 0.717) is 18.1 Å². The van der Waals surface area contributed by atoms with Crippen molar-refractivity contribution in [2.75, 3.05) is 13.1 Å². The number of hydrogen-bond donors (Lipinski definition) is 2. The Morgan fingerprint density at radius 1 is 1.44 bits per heavy atom. The molecule has 16 heavy (non-hydrogen) atoms. The summed E-state index contributed by atoms with van der Waals surface area (Å²) in [6, 6.07) is 7.72. The molecule has 0 bridgehead atoms. The highest BCUT2D eigenvalue weighted by molar-refractivity contribution is 7.20. The molecule has 0 aliphatic rings. The minimum atomic E-state index is -0.116. The summed E-state index contributed by atoms with van der Waals surface area (Å²) >= 11 is 1.41. The number of rotatable bonds is 4. The van der Waals surface area contributed by atoms with Gasteiger partial charge in [-0.15, -0.1) is 11.3 Å². The molecule has 0 unspecified atom stereocenters. The number of nitrogens with two attached hydrogens (primary N) is 1. The highest BCUT2D eigenvalue weighted by Gasteiger charge is 2.10. The first kappa shape index (κ1) is 11.0. The van der Waals surface area contributed by atoms with E-state index in [9.17, 15) is 4.79 Å². The Morgan fingerprint density at radius 3 is 3.00 bits per heavy atom. The van der Waals surface area contributed by atoms with Gasteiger partial charge in [-0.25, -0.2) is 4.98 Å². The standard InChI is InChI=1S/C11H13N3OS/c12-6-3-7-13-10(15)11-14-8-4-1-2-5-9(8)16-11/h1-2,4-5H,3,6-7,12H2,(H,13,15). The smallest absolute Gasteiger partial charge is 0.280 e. The van der Waals surface area contributed by atoms with Crippen LogP contribution >= 0.6 is 11.3 Å². The van der Waals surface area contributed by atoms with Gasteiger partial charge >= 0.3 is 0 Å². The maximum Gasteiger partial charge on any atom is 0.280 e. The topological polar surface area (TPSA) is 68.0 Å². The molecule has 0 atom stereocenters. The number of para-hydroxylation sites is 1. The summed E-state index contributed by atoms with van der Waals surface area (Å²) in [6.45, 7) is 1.19. The van der Waals surface area contributed by atoms with Crippen molar-refractivity contribution in [1.29, 1.82) is 0 Å². The summed E-state index contributed by atoms with van der Waals surface area (Å²) in [4.78, 5) is 16.0. The largest absolute Gasteiger partial charge is 0.350 e. The Balaban J connectivity index is 2.11. The van der Waals surface area contributed by atoms with E-state index in [-0.39, 0.29) is 5.91 Å². The van der Waals surface area contributed by atoms with Gasteiger partial charge < -0.3 is 11.1 Å². The number of nitrogens with zero attached hydrogens (tertiary/aromatic N) is 1. The minimum Gasteiger partial charge on any atom is -0.350 e. The second-order valence-corrected chi connectivity index (χ2v) is 4.42. The van der Waals surface area contributed by atoms with Crippen LogP contribution in [0, 0.1) is 0 Å². The van der Waals surface area contributed by atoms with E-state index in [2.05, 4.69) is 10.3 Å². The van der Waals surface area contributed by atoms with Crippen LogP contribution in [0.4, 0.5) is 0 Å². The second kappa shape index (κ2) is 5.05. The number of aromatic nitrogens is 1. The third-order valence-corrected chi connectivity index (χ3v) is 3.19. The molecular weight excluding hydrogens is 222 g/mol. The molecule has 4 nitrogen and oxygen atoms in total. The van der Waals surface area contributed by atoms with Crippen LogP contribution in [0.2, 0.25) is 0 Å². The van der Waals surface area contributed by atoms with Crippen LogP contribution in [0.15, 0.2) is 24.3 Å². The fraction of sp³-hybridized carbons (Fsp3) is 0.273. The fourth-order valence-electron chi connectivity index (χ4n) is 1.35. The van der Waals surface area contributed by atoms with Gasteiger partial charge in [-0.2, -0.15) is 0 Å². The maximum atomic E-state index is 11.7. The number of fused-ring (bicyclic) bond motifs is 1.